The van der Waals surface area contributed by atoms with E-state index in [1.807, 2.05) is 13.8 Å². The van der Waals surface area contributed by atoms with E-state index in [2.05, 4.69) is 5.32 Å². The highest BCUT2D eigenvalue weighted by molar-refractivity contribution is 4.81. The lowest BCUT2D eigenvalue weighted by molar-refractivity contribution is -0.139. The summed E-state index contributed by atoms with van der Waals surface area (Å²) in [5.41, 5.74) is 5.61. The molecule has 0 aliphatic carbocycles. The molecule has 0 saturated carbocycles. The number of hydrogen-bond acceptors (Lipinski definition) is 2. The van der Waals surface area contributed by atoms with Crippen molar-refractivity contribution < 1.29 is 13.2 Å². The van der Waals surface area contributed by atoms with Crippen molar-refractivity contribution in [3.05, 3.63) is 0 Å². The minimum atomic E-state index is -4.10. The third-order valence-corrected chi connectivity index (χ3v) is 3.30. The van der Waals surface area contributed by atoms with Gasteiger partial charge < -0.3 is 11.1 Å². The van der Waals surface area contributed by atoms with Crippen LogP contribution < -0.4 is 11.1 Å². The van der Waals surface area contributed by atoms with Gasteiger partial charge in [0.1, 0.15) is 0 Å². The summed E-state index contributed by atoms with van der Waals surface area (Å²) in [6.07, 6.45) is -3.13. The van der Waals surface area contributed by atoms with Crippen LogP contribution in [0.1, 0.15) is 40.0 Å². The van der Waals surface area contributed by atoms with Gasteiger partial charge in [-0.2, -0.15) is 13.2 Å². The zero-order valence-corrected chi connectivity index (χ0v) is 10.3. The predicted molar refractivity (Wildman–Crippen MR) is 60.2 cm³/mol. The minimum absolute atomic E-state index is 0.0696. The third kappa shape index (κ3) is 5.70. The summed E-state index contributed by atoms with van der Waals surface area (Å²) in [4.78, 5) is 0. The molecule has 0 radical (unpaired) electrons. The molecule has 0 heterocycles. The van der Waals surface area contributed by atoms with Gasteiger partial charge in [-0.3, -0.25) is 0 Å². The highest BCUT2D eigenvalue weighted by Gasteiger charge is 2.31. The summed E-state index contributed by atoms with van der Waals surface area (Å²) in [5, 5.41) is 2.93. The van der Waals surface area contributed by atoms with Crippen molar-refractivity contribution in [2.75, 3.05) is 13.1 Å². The molecule has 0 aliphatic heterocycles. The van der Waals surface area contributed by atoms with E-state index in [4.69, 9.17) is 5.73 Å². The molecule has 5 heteroatoms. The Morgan fingerprint density at radius 2 is 1.69 bits per heavy atom. The molecule has 3 N–H and O–H groups in total. The maximum absolute atomic E-state index is 12.1. The largest absolute Gasteiger partial charge is 0.390 e. The Hall–Kier alpha value is -0.290. The van der Waals surface area contributed by atoms with Gasteiger partial charge in [0, 0.05) is 12.6 Å². The summed E-state index contributed by atoms with van der Waals surface area (Å²) >= 11 is 0. The van der Waals surface area contributed by atoms with Crippen molar-refractivity contribution in [2.24, 2.45) is 11.1 Å². The fourth-order valence-electron chi connectivity index (χ4n) is 1.67. The molecule has 2 nitrogen and oxygen atoms in total. The van der Waals surface area contributed by atoms with Crippen LogP contribution in [-0.4, -0.2) is 25.3 Å². The van der Waals surface area contributed by atoms with Gasteiger partial charge in [-0.15, -0.1) is 0 Å². The number of nitrogens with one attached hydrogen (secondary N) is 1. The third-order valence-electron chi connectivity index (χ3n) is 3.30. The van der Waals surface area contributed by atoms with Crippen LogP contribution in [0.25, 0.3) is 0 Å². The average Bonchev–Trinajstić information content (AvgIpc) is 2.18. The first-order valence-corrected chi connectivity index (χ1v) is 5.79. The Balaban J connectivity index is 4.11. The van der Waals surface area contributed by atoms with Crippen molar-refractivity contribution in [3.63, 3.8) is 0 Å². The van der Waals surface area contributed by atoms with Gasteiger partial charge in [0.05, 0.1) is 6.42 Å². The van der Waals surface area contributed by atoms with Gasteiger partial charge in [-0.1, -0.05) is 13.8 Å². The van der Waals surface area contributed by atoms with E-state index in [1.54, 1.807) is 6.92 Å². The van der Waals surface area contributed by atoms with Crippen LogP contribution in [0.5, 0.6) is 0 Å². The van der Waals surface area contributed by atoms with Gasteiger partial charge in [-0.05, 0) is 31.7 Å². The second-order valence-electron chi connectivity index (χ2n) is 4.51. The lowest BCUT2D eigenvalue weighted by Gasteiger charge is -2.32. The number of halogens is 3. The summed E-state index contributed by atoms with van der Waals surface area (Å²) < 4.78 is 36.3. The van der Waals surface area contributed by atoms with E-state index in [1.165, 1.54) is 0 Å². The molecule has 0 rings (SSSR count). The van der Waals surface area contributed by atoms with Crippen LogP contribution in [0.4, 0.5) is 13.2 Å². The zero-order valence-electron chi connectivity index (χ0n) is 10.3. The van der Waals surface area contributed by atoms with Gasteiger partial charge in [0.25, 0.3) is 0 Å². The van der Waals surface area contributed by atoms with E-state index < -0.39 is 18.6 Å². The molecule has 0 fully saturated rings. The first-order valence-electron chi connectivity index (χ1n) is 5.79. The minimum Gasteiger partial charge on any atom is -0.330 e. The topological polar surface area (TPSA) is 38.0 Å². The first kappa shape index (κ1) is 15.7. The van der Waals surface area contributed by atoms with Crippen molar-refractivity contribution in [1.82, 2.24) is 5.32 Å². The molecule has 1 unspecified atom stereocenters. The van der Waals surface area contributed by atoms with Crippen LogP contribution in [0.2, 0.25) is 0 Å². The SMILES string of the molecule is CCC(CC)(CN)CNC(C)CC(F)(F)F. The molecule has 0 bridgehead atoms. The maximum Gasteiger partial charge on any atom is 0.390 e. The lowest BCUT2D eigenvalue weighted by atomic mass is 9.82. The molecule has 0 aromatic carbocycles. The smallest absolute Gasteiger partial charge is 0.330 e. The molecule has 98 valence electrons. The van der Waals surface area contributed by atoms with Crippen molar-refractivity contribution in [1.29, 1.82) is 0 Å². The van der Waals surface area contributed by atoms with Crippen molar-refractivity contribution in [2.45, 2.75) is 52.3 Å². The fraction of sp³-hybridized carbons (Fsp3) is 1.00. The monoisotopic (exact) mass is 240 g/mol. The zero-order chi connectivity index (χ0) is 12.8. The van der Waals surface area contributed by atoms with E-state index >= 15 is 0 Å². The second-order valence-corrected chi connectivity index (χ2v) is 4.51. The molecular weight excluding hydrogens is 217 g/mol. The Labute approximate surface area is 95.8 Å². The number of alkyl halides is 3. The van der Waals surface area contributed by atoms with Gasteiger partial charge in [0.15, 0.2) is 0 Å². The van der Waals surface area contributed by atoms with Gasteiger partial charge in [-0.25, -0.2) is 0 Å². The maximum atomic E-state index is 12.1. The average molecular weight is 240 g/mol. The Kier molecular flexibility index (Phi) is 6.33. The molecule has 1 atom stereocenters. The highest BCUT2D eigenvalue weighted by atomic mass is 19.4. The lowest BCUT2D eigenvalue weighted by Crippen LogP contribution is -2.43. The second kappa shape index (κ2) is 6.45. The first-order chi connectivity index (χ1) is 7.28. The molecule has 0 aromatic rings. The summed E-state index contributed by atoms with van der Waals surface area (Å²) in [6, 6.07) is -0.552. The van der Waals surface area contributed by atoms with Crippen molar-refractivity contribution >= 4 is 0 Å². The summed E-state index contributed by atoms with van der Waals surface area (Å²) in [5.74, 6) is 0. The standard InChI is InChI=1S/C11H23F3N2/c1-4-10(5-2,7-15)8-16-9(3)6-11(12,13)14/h9,16H,4-8,15H2,1-3H3. The number of rotatable bonds is 7. The van der Waals surface area contributed by atoms with E-state index in [0.717, 1.165) is 12.8 Å². The molecule has 0 aliphatic rings. The molecule has 0 spiro atoms. The van der Waals surface area contributed by atoms with E-state index in [0.29, 0.717) is 13.1 Å². The van der Waals surface area contributed by atoms with Gasteiger partial charge in [0.2, 0.25) is 0 Å². The quantitative estimate of drug-likeness (QED) is 0.718. The van der Waals surface area contributed by atoms with Crippen LogP contribution in [0.3, 0.4) is 0 Å². The molecule has 0 saturated heterocycles. The fourth-order valence-corrected chi connectivity index (χ4v) is 1.67. The predicted octanol–water partition coefficient (Wildman–Crippen LogP) is 2.68. The number of hydrogen-bond donors (Lipinski definition) is 2. The van der Waals surface area contributed by atoms with Crippen LogP contribution >= 0.6 is 0 Å². The molecule has 0 amide bonds. The Morgan fingerprint density at radius 3 is 2.00 bits per heavy atom. The molecule has 0 aromatic heterocycles. The van der Waals surface area contributed by atoms with Crippen molar-refractivity contribution in [3.8, 4) is 0 Å². The van der Waals surface area contributed by atoms with Crippen LogP contribution in [-0.2, 0) is 0 Å². The normalized spacial score (nSPS) is 15.2. The Morgan fingerprint density at radius 1 is 1.19 bits per heavy atom. The molecule has 16 heavy (non-hydrogen) atoms. The van der Waals surface area contributed by atoms with Gasteiger partial charge >= 0.3 is 6.18 Å². The summed E-state index contributed by atoms with van der Waals surface area (Å²) in [7, 11) is 0. The number of nitrogens with two attached hydrogens (primary N) is 1. The van der Waals surface area contributed by atoms with Crippen LogP contribution in [0, 0.1) is 5.41 Å². The van der Waals surface area contributed by atoms with E-state index in [9.17, 15) is 13.2 Å². The highest BCUT2D eigenvalue weighted by Crippen LogP contribution is 2.25. The summed E-state index contributed by atoms with van der Waals surface area (Å²) in [6.45, 7) is 6.65. The van der Waals surface area contributed by atoms with Crippen LogP contribution in [0.15, 0.2) is 0 Å². The van der Waals surface area contributed by atoms with E-state index in [-0.39, 0.29) is 5.41 Å². The molecular formula is C11H23F3N2. The Bertz CT molecular complexity index is 180.